The highest BCUT2D eigenvalue weighted by atomic mass is 35.5. The Kier molecular flexibility index (Phi) is 16.5. The highest BCUT2D eigenvalue weighted by molar-refractivity contribution is 6.33. The van der Waals surface area contributed by atoms with Crippen LogP contribution in [0.5, 0.6) is 0 Å². The average molecular weight is 1020 g/mol. The fourth-order valence-electron chi connectivity index (χ4n) is 6.27. The first-order valence-electron chi connectivity index (χ1n) is 19.2. The first-order chi connectivity index (χ1) is 31.7. The first kappa shape index (κ1) is 52.2. The molecule has 14 nitrogen and oxygen atoms in total. The largest absolute Gasteiger partial charge is 0.419 e. The molecule has 0 aromatic heterocycles. The van der Waals surface area contributed by atoms with Gasteiger partial charge in [-0.3, -0.25) is 28.8 Å². The van der Waals surface area contributed by atoms with Crippen LogP contribution in [0.2, 0.25) is 20.1 Å². The summed E-state index contributed by atoms with van der Waals surface area (Å²) in [6, 6.07) is 12.7. The van der Waals surface area contributed by atoms with E-state index in [0.29, 0.717) is 11.1 Å². The minimum absolute atomic E-state index is 0.0864. The maximum Gasteiger partial charge on any atom is 0.419 e. The van der Waals surface area contributed by atoms with Crippen molar-refractivity contribution < 1.29 is 55.1 Å². The molecular formula is C44H32Cl4F6N8O6. The Labute approximate surface area is 401 Å². The lowest BCUT2D eigenvalue weighted by Crippen LogP contribution is -2.33. The summed E-state index contributed by atoms with van der Waals surface area (Å²) in [6.45, 7) is 5.22. The molecule has 5 aromatic carbocycles. The molecule has 0 bridgehead atoms. The standard InChI is InChI=1S/C44H32Cl4F6N8O6/c1-19-11-27(55-41(67)37(21(3)63)61-59-28-15-23(13-25(45)17-28)39(65)56-32-9-5-7-30(47)34(32)43(49,50)51)12-20(2)36(19)58-42(68)38(22(4)64)62-60-29-16-24(14-26(46)18-29)40(66)57-33-10-6-8-31(48)35(33)44(52,53)54/h5-18,37-38H,1-4H3,(H,55,67)(H,56,65)(H,57,66)(H,58,68). The first-order valence-corrected chi connectivity index (χ1v) is 20.8. The molecule has 354 valence electrons. The SMILES string of the molecule is CC(=O)C(N=Nc1cc(Cl)cc(C(=O)Nc2cccc(Cl)c2C(F)(F)F)c1)C(=O)Nc1cc(C)c(NC(=O)C(N=Nc2cc(Cl)cc(C(=O)Nc3cccc(Cl)c3C(F)(F)F)c2)C(C)=O)c(C)c1. The number of hydrogen-bond acceptors (Lipinski definition) is 10. The number of aryl methyl sites for hydroxylation is 2. The van der Waals surface area contributed by atoms with E-state index in [2.05, 4.69) is 41.7 Å². The number of amides is 4. The zero-order chi connectivity index (χ0) is 50.4. The quantitative estimate of drug-likeness (QED) is 0.0484. The van der Waals surface area contributed by atoms with Crippen molar-refractivity contribution in [3.8, 4) is 0 Å². The molecule has 0 saturated heterocycles. The summed E-state index contributed by atoms with van der Waals surface area (Å²) in [5.41, 5.74) is -3.51. The van der Waals surface area contributed by atoms with Crippen molar-refractivity contribution in [2.45, 2.75) is 52.1 Å². The van der Waals surface area contributed by atoms with Crippen LogP contribution >= 0.6 is 46.4 Å². The third-order valence-corrected chi connectivity index (χ3v) is 10.3. The lowest BCUT2D eigenvalue weighted by atomic mass is 10.1. The second-order valence-electron chi connectivity index (χ2n) is 14.5. The maximum absolute atomic E-state index is 13.7. The summed E-state index contributed by atoms with van der Waals surface area (Å²) >= 11 is 23.8. The van der Waals surface area contributed by atoms with E-state index in [4.69, 9.17) is 46.4 Å². The molecule has 0 aliphatic carbocycles. The molecule has 0 saturated carbocycles. The summed E-state index contributed by atoms with van der Waals surface area (Å²) in [4.78, 5) is 78.0. The van der Waals surface area contributed by atoms with E-state index >= 15 is 0 Å². The number of carbonyl (C=O) groups is 6. The molecular weight excluding hydrogens is 992 g/mol. The van der Waals surface area contributed by atoms with Gasteiger partial charge in [0.2, 0.25) is 12.1 Å². The molecule has 68 heavy (non-hydrogen) atoms. The number of benzene rings is 5. The third kappa shape index (κ3) is 13.2. The summed E-state index contributed by atoms with van der Waals surface area (Å²) in [6.07, 6.45) is -9.80. The van der Waals surface area contributed by atoms with Crippen LogP contribution in [0.4, 0.5) is 60.5 Å². The molecule has 5 aromatic rings. The van der Waals surface area contributed by atoms with Gasteiger partial charge in [0.25, 0.3) is 23.6 Å². The second kappa shape index (κ2) is 21.5. The molecule has 0 spiro atoms. The Bertz CT molecular complexity index is 2910. The number of azo groups is 2. The Balaban J connectivity index is 1.28. The number of halogens is 10. The summed E-state index contributed by atoms with van der Waals surface area (Å²) in [5, 5.41) is 23.4. The smallest absolute Gasteiger partial charge is 0.324 e. The predicted octanol–water partition coefficient (Wildman–Crippen LogP) is 12.8. The summed E-state index contributed by atoms with van der Waals surface area (Å²) in [5.74, 6) is -5.46. The van der Waals surface area contributed by atoms with Crippen LogP contribution in [-0.2, 0) is 31.5 Å². The Hall–Kier alpha value is -6.74. The van der Waals surface area contributed by atoms with Gasteiger partial charge in [0, 0.05) is 32.5 Å². The summed E-state index contributed by atoms with van der Waals surface area (Å²) in [7, 11) is 0. The van der Waals surface area contributed by atoms with Gasteiger partial charge in [0.05, 0.1) is 43.9 Å². The van der Waals surface area contributed by atoms with E-state index in [-0.39, 0.29) is 43.9 Å². The van der Waals surface area contributed by atoms with Crippen LogP contribution in [-0.4, -0.2) is 47.3 Å². The zero-order valence-corrected chi connectivity index (χ0v) is 38.3. The van der Waals surface area contributed by atoms with Crippen molar-refractivity contribution in [2.24, 2.45) is 20.5 Å². The summed E-state index contributed by atoms with van der Waals surface area (Å²) < 4.78 is 81.9. The molecule has 0 heterocycles. The van der Waals surface area contributed by atoms with Crippen LogP contribution in [0, 0.1) is 13.8 Å². The number of hydrogen-bond donors (Lipinski definition) is 4. The second-order valence-corrected chi connectivity index (χ2v) is 16.2. The van der Waals surface area contributed by atoms with Crippen LogP contribution < -0.4 is 21.3 Å². The van der Waals surface area contributed by atoms with Gasteiger partial charge < -0.3 is 21.3 Å². The maximum atomic E-state index is 13.7. The minimum Gasteiger partial charge on any atom is -0.324 e. The molecule has 0 fully saturated rings. The third-order valence-electron chi connectivity index (χ3n) is 9.27. The number of nitrogens with one attached hydrogen (secondary N) is 4. The van der Waals surface area contributed by atoms with E-state index in [1.165, 1.54) is 36.4 Å². The lowest BCUT2D eigenvalue weighted by Gasteiger charge is -2.17. The van der Waals surface area contributed by atoms with Gasteiger partial charge in [-0.25, -0.2) is 0 Å². The number of ketones is 2. The van der Waals surface area contributed by atoms with Crippen molar-refractivity contribution in [1.82, 2.24) is 0 Å². The molecule has 0 aliphatic rings. The van der Waals surface area contributed by atoms with Crippen molar-refractivity contribution in [1.29, 1.82) is 0 Å². The highest BCUT2D eigenvalue weighted by Gasteiger charge is 2.38. The van der Waals surface area contributed by atoms with Gasteiger partial charge in [-0.1, -0.05) is 58.5 Å². The van der Waals surface area contributed by atoms with E-state index < -0.39 is 92.2 Å². The van der Waals surface area contributed by atoms with Crippen molar-refractivity contribution in [2.75, 3.05) is 21.3 Å². The van der Waals surface area contributed by atoms with Gasteiger partial charge in [0.15, 0.2) is 11.6 Å². The van der Waals surface area contributed by atoms with Crippen molar-refractivity contribution in [3.05, 3.63) is 138 Å². The van der Waals surface area contributed by atoms with Crippen LogP contribution in [0.3, 0.4) is 0 Å². The number of rotatable bonds is 14. The Morgan fingerprint density at radius 2 is 0.912 bits per heavy atom. The minimum atomic E-state index is -4.90. The normalized spacial score (nSPS) is 12.7. The number of alkyl halides is 6. The van der Waals surface area contributed by atoms with E-state index in [1.54, 1.807) is 13.8 Å². The zero-order valence-electron chi connectivity index (χ0n) is 35.3. The van der Waals surface area contributed by atoms with Gasteiger partial charge in [0.1, 0.15) is 0 Å². The fraction of sp³-hybridized carbons (Fsp3) is 0.182. The van der Waals surface area contributed by atoms with E-state index in [1.807, 2.05) is 0 Å². The molecule has 2 unspecified atom stereocenters. The Morgan fingerprint density at radius 1 is 0.529 bits per heavy atom. The van der Waals surface area contributed by atoms with Gasteiger partial charge in [-0.15, -0.1) is 0 Å². The van der Waals surface area contributed by atoms with Crippen LogP contribution in [0.1, 0.15) is 56.8 Å². The van der Waals surface area contributed by atoms with Gasteiger partial charge in [-0.05, 0) is 112 Å². The molecule has 2 atom stereocenters. The number of nitrogens with zero attached hydrogens (tertiary/aromatic N) is 4. The topological polar surface area (TPSA) is 200 Å². The van der Waals surface area contributed by atoms with Gasteiger partial charge in [-0.2, -0.15) is 46.8 Å². The molecule has 0 aliphatic heterocycles. The van der Waals surface area contributed by atoms with E-state index in [0.717, 1.165) is 62.4 Å². The fourth-order valence-corrected chi connectivity index (χ4v) is 7.29. The lowest BCUT2D eigenvalue weighted by molar-refractivity contribution is -0.137. The van der Waals surface area contributed by atoms with E-state index in [9.17, 15) is 55.1 Å². The molecule has 24 heteroatoms. The molecule has 0 radical (unpaired) electrons. The molecule has 5 rings (SSSR count). The van der Waals surface area contributed by atoms with Crippen molar-refractivity contribution in [3.63, 3.8) is 0 Å². The van der Waals surface area contributed by atoms with Crippen molar-refractivity contribution >= 4 is 116 Å². The molecule has 4 amide bonds. The monoisotopic (exact) mass is 1020 g/mol. The number of anilines is 4. The average Bonchev–Trinajstić information content (AvgIpc) is 3.20. The number of Topliss-reactive ketones (excluding diaryl/α,β-unsaturated/α-hetero) is 2. The number of carbonyl (C=O) groups excluding carboxylic acids is 6. The predicted molar refractivity (Wildman–Crippen MR) is 243 cm³/mol. The van der Waals surface area contributed by atoms with Gasteiger partial charge >= 0.3 is 12.4 Å². The Morgan fingerprint density at radius 3 is 1.28 bits per heavy atom. The molecule has 4 N–H and O–H groups in total. The van der Waals surface area contributed by atoms with Crippen LogP contribution in [0.25, 0.3) is 0 Å². The highest BCUT2D eigenvalue weighted by Crippen LogP contribution is 2.41. The van der Waals surface area contributed by atoms with Crippen LogP contribution in [0.15, 0.2) is 105 Å².